The molecule has 3 amide bonds. The Bertz CT molecular complexity index is 1060. The van der Waals surface area contributed by atoms with Gasteiger partial charge < -0.3 is 19.5 Å². The number of nitrogens with zero attached hydrogens (tertiary/aromatic N) is 1. The molecule has 1 unspecified atom stereocenters. The highest BCUT2D eigenvalue weighted by molar-refractivity contribution is 8.18. The summed E-state index contributed by atoms with van der Waals surface area (Å²) in [6.07, 6.45) is 2.26. The summed E-state index contributed by atoms with van der Waals surface area (Å²) in [5.74, 6) is 0.502. The van der Waals surface area contributed by atoms with Gasteiger partial charge in [0.15, 0.2) is 11.5 Å². The molecule has 3 rings (SSSR count). The van der Waals surface area contributed by atoms with Gasteiger partial charge in [-0.1, -0.05) is 37.3 Å². The van der Waals surface area contributed by atoms with E-state index in [1.54, 1.807) is 18.2 Å². The normalized spacial score (nSPS) is 15.4. The summed E-state index contributed by atoms with van der Waals surface area (Å²) in [6.45, 7) is 2.22. The summed E-state index contributed by atoms with van der Waals surface area (Å²) < 4.78 is 16.0. The second-order valence-electron chi connectivity index (χ2n) is 7.45. The van der Waals surface area contributed by atoms with Gasteiger partial charge in [-0.3, -0.25) is 19.3 Å². The van der Waals surface area contributed by atoms with Crippen molar-refractivity contribution < 1.29 is 28.6 Å². The fourth-order valence-corrected chi connectivity index (χ4v) is 4.57. The van der Waals surface area contributed by atoms with E-state index in [-0.39, 0.29) is 35.1 Å². The van der Waals surface area contributed by atoms with Crippen LogP contribution in [0, 0.1) is 0 Å². The Labute approximate surface area is 203 Å². The SMILES string of the molecule is CCC(C(=O)NCCN1C(=O)S/C(=C\c2cc(OC)c(OC)c(OC)c2)C1=O)c1ccccc1. The number of hydrogen-bond donors (Lipinski definition) is 1. The number of nitrogens with one attached hydrogen (secondary N) is 1. The highest BCUT2D eigenvalue weighted by Crippen LogP contribution is 2.40. The number of thioether (sulfide) groups is 1. The number of hydrogen-bond acceptors (Lipinski definition) is 7. The lowest BCUT2D eigenvalue weighted by atomic mass is 9.96. The van der Waals surface area contributed by atoms with E-state index in [1.165, 1.54) is 21.3 Å². The average Bonchev–Trinajstić information content (AvgIpc) is 3.11. The van der Waals surface area contributed by atoms with Crippen LogP contribution in [0.5, 0.6) is 17.2 Å². The standard InChI is InChI=1S/C25H28N2O6S/c1-5-18(17-9-7-6-8-10-17)23(28)26-11-12-27-24(29)21(34-25(27)30)15-16-13-19(31-2)22(33-4)20(14-16)32-3/h6-10,13-15,18H,5,11-12H2,1-4H3,(H,26,28)/b21-15-. The number of ether oxygens (including phenoxy) is 3. The number of amides is 3. The number of carbonyl (C=O) groups excluding carboxylic acids is 3. The predicted octanol–water partition coefficient (Wildman–Crippen LogP) is 4.06. The molecule has 0 aliphatic carbocycles. The van der Waals surface area contributed by atoms with Gasteiger partial charge in [0.05, 0.1) is 32.2 Å². The Morgan fingerprint density at radius 3 is 2.26 bits per heavy atom. The Kier molecular flexibility index (Phi) is 8.59. The van der Waals surface area contributed by atoms with Crippen LogP contribution in [0.15, 0.2) is 47.4 Å². The molecule has 8 nitrogen and oxygen atoms in total. The third-order valence-electron chi connectivity index (χ3n) is 5.42. The van der Waals surface area contributed by atoms with Gasteiger partial charge in [-0.2, -0.15) is 0 Å². The van der Waals surface area contributed by atoms with Crippen molar-refractivity contribution in [3.05, 3.63) is 58.5 Å². The van der Waals surface area contributed by atoms with E-state index in [0.717, 1.165) is 22.2 Å². The molecule has 0 bridgehead atoms. The zero-order valence-corrected chi connectivity index (χ0v) is 20.4. The molecule has 1 heterocycles. The van der Waals surface area contributed by atoms with Crippen LogP contribution in [0.1, 0.15) is 30.4 Å². The van der Waals surface area contributed by atoms with E-state index in [0.29, 0.717) is 29.2 Å². The fourth-order valence-electron chi connectivity index (χ4n) is 3.70. The topological polar surface area (TPSA) is 94.2 Å². The first kappa shape index (κ1) is 25.2. The van der Waals surface area contributed by atoms with Crippen LogP contribution in [0.2, 0.25) is 0 Å². The fraction of sp³-hybridized carbons (Fsp3) is 0.320. The monoisotopic (exact) mass is 484 g/mol. The van der Waals surface area contributed by atoms with E-state index < -0.39 is 5.91 Å². The molecule has 0 saturated carbocycles. The van der Waals surface area contributed by atoms with Crippen molar-refractivity contribution in [2.75, 3.05) is 34.4 Å². The van der Waals surface area contributed by atoms with Crippen molar-refractivity contribution in [1.82, 2.24) is 10.2 Å². The van der Waals surface area contributed by atoms with Gasteiger partial charge in [0.25, 0.3) is 11.1 Å². The highest BCUT2D eigenvalue weighted by atomic mass is 32.2. The molecule has 2 aromatic rings. The van der Waals surface area contributed by atoms with Crippen LogP contribution in [0.25, 0.3) is 6.08 Å². The molecule has 0 spiro atoms. The molecule has 1 aliphatic rings. The van der Waals surface area contributed by atoms with Crippen LogP contribution in [0.3, 0.4) is 0 Å². The zero-order chi connectivity index (χ0) is 24.7. The minimum absolute atomic E-state index is 0.0915. The Hall–Kier alpha value is -3.46. The first-order chi connectivity index (χ1) is 16.4. The summed E-state index contributed by atoms with van der Waals surface area (Å²) in [5.41, 5.74) is 1.56. The predicted molar refractivity (Wildman–Crippen MR) is 131 cm³/mol. The lowest BCUT2D eigenvalue weighted by Crippen LogP contribution is -2.38. The summed E-state index contributed by atoms with van der Waals surface area (Å²) in [7, 11) is 4.51. The van der Waals surface area contributed by atoms with Crippen molar-refractivity contribution in [3.63, 3.8) is 0 Å². The molecule has 180 valence electrons. The molecular formula is C25H28N2O6S. The van der Waals surface area contributed by atoms with E-state index in [2.05, 4.69) is 5.32 Å². The zero-order valence-electron chi connectivity index (χ0n) is 19.6. The van der Waals surface area contributed by atoms with Gasteiger partial charge in [-0.25, -0.2) is 0 Å². The lowest BCUT2D eigenvalue weighted by Gasteiger charge is -2.17. The number of carbonyl (C=O) groups is 3. The third kappa shape index (κ3) is 5.53. The van der Waals surface area contributed by atoms with Crippen molar-refractivity contribution in [2.24, 2.45) is 0 Å². The molecule has 34 heavy (non-hydrogen) atoms. The van der Waals surface area contributed by atoms with Gasteiger partial charge in [-0.05, 0) is 47.5 Å². The first-order valence-electron chi connectivity index (χ1n) is 10.8. The Morgan fingerprint density at radius 1 is 1.06 bits per heavy atom. The number of rotatable bonds is 10. The largest absolute Gasteiger partial charge is 0.493 e. The van der Waals surface area contributed by atoms with Crippen LogP contribution in [-0.2, 0) is 9.59 Å². The molecule has 1 aliphatic heterocycles. The van der Waals surface area contributed by atoms with Crippen LogP contribution >= 0.6 is 11.8 Å². The van der Waals surface area contributed by atoms with Gasteiger partial charge in [0, 0.05) is 13.1 Å². The van der Waals surface area contributed by atoms with Crippen molar-refractivity contribution in [3.8, 4) is 17.2 Å². The first-order valence-corrected chi connectivity index (χ1v) is 11.6. The molecule has 2 aromatic carbocycles. The van der Waals surface area contributed by atoms with Gasteiger partial charge in [0.1, 0.15) is 0 Å². The maximum atomic E-state index is 12.9. The van der Waals surface area contributed by atoms with Gasteiger partial charge in [0.2, 0.25) is 11.7 Å². The maximum Gasteiger partial charge on any atom is 0.293 e. The summed E-state index contributed by atoms with van der Waals surface area (Å²) in [6, 6.07) is 12.9. The third-order valence-corrected chi connectivity index (χ3v) is 6.33. The van der Waals surface area contributed by atoms with Crippen molar-refractivity contribution in [1.29, 1.82) is 0 Å². The minimum atomic E-state index is -0.409. The van der Waals surface area contributed by atoms with Crippen LogP contribution in [-0.4, -0.2) is 56.4 Å². The molecule has 1 atom stereocenters. The summed E-state index contributed by atoms with van der Waals surface area (Å²) in [4.78, 5) is 39.4. The summed E-state index contributed by atoms with van der Waals surface area (Å²) >= 11 is 0.853. The van der Waals surface area contributed by atoms with Crippen LogP contribution in [0.4, 0.5) is 4.79 Å². The molecule has 1 saturated heterocycles. The van der Waals surface area contributed by atoms with E-state index in [9.17, 15) is 14.4 Å². The lowest BCUT2D eigenvalue weighted by molar-refractivity contribution is -0.125. The van der Waals surface area contributed by atoms with Crippen molar-refractivity contribution >= 4 is 34.9 Å². The molecule has 1 N–H and O–H groups in total. The molecule has 9 heteroatoms. The summed E-state index contributed by atoms with van der Waals surface area (Å²) in [5, 5.41) is 2.47. The van der Waals surface area contributed by atoms with E-state index in [1.807, 2.05) is 37.3 Å². The molecule has 1 fully saturated rings. The Morgan fingerprint density at radius 2 is 1.71 bits per heavy atom. The van der Waals surface area contributed by atoms with E-state index in [4.69, 9.17) is 14.2 Å². The number of imide groups is 1. The second-order valence-corrected chi connectivity index (χ2v) is 8.45. The average molecular weight is 485 g/mol. The minimum Gasteiger partial charge on any atom is -0.493 e. The van der Waals surface area contributed by atoms with Gasteiger partial charge in [-0.15, -0.1) is 0 Å². The number of benzene rings is 2. The molecular weight excluding hydrogens is 456 g/mol. The smallest absolute Gasteiger partial charge is 0.293 e. The van der Waals surface area contributed by atoms with Crippen LogP contribution < -0.4 is 19.5 Å². The maximum absolute atomic E-state index is 12.9. The second kappa shape index (κ2) is 11.6. The molecule has 0 radical (unpaired) electrons. The highest BCUT2D eigenvalue weighted by Gasteiger charge is 2.35. The quantitative estimate of drug-likeness (QED) is 0.508. The van der Waals surface area contributed by atoms with Crippen molar-refractivity contribution in [2.45, 2.75) is 19.3 Å². The molecule has 0 aromatic heterocycles. The van der Waals surface area contributed by atoms with Gasteiger partial charge >= 0.3 is 0 Å². The number of methoxy groups -OCH3 is 3. The Balaban J connectivity index is 1.67. The van der Waals surface area contributed by atoms with E-state index >= 15 is 0 Å².